The molecule has 0 unspecified atom stereocenters. The molecule has 7 nitrogen and oxygen atoms in total. The standard InChI is InChI=1S/C26H23N5O2S/c1-16-6-7-17(13-20(16)24-5-4-12-34-24)29-26-30-21-14-18(8-9-23(21)31(26)3)33-19-10-11-28-22(15-19)25(32)27-2/h4-15H,1-3H3,(H,27,32)(H,29,30). The van der Waals surface area contributed by atoms with Gasteiger partial charge in [-0.1, -0.05) is 12.1 Å². The Hall–Kier alpha value is -4.17. The number of rotatable bonds is 6. The van der Waals surface area contributed by atoms with Gasteiger partial charge in [0.2, 0.25) is 5.95 Å². The number of fused-ring (bicyclic) bond motifs is 1. The second kappa shape index (κ2) is 8.99. The number of nitrogens with zero attached hydrogens (tertiary/aromatic N) is 3. The number of pyridine rings is 1. The van der Waals surface area contributed by atoms with Crippen molar-refractivity contribution in [3.63, 3.8) is 0 Å². The van der Waals surface area contributed by atoms with E-state index >= 15 is 0 Å². The molecule has 0 saturated carbocycles. The molecule has 8 heteroatoms. The second-order valence-electron chi connectivity index (χ2n) is 7.83. The van der Waals surface area contributed by atoms with Crippen LogP contribution in [0.15, 0.2) is 72.2 Å². The Balaban J connectivity index is 1.41. The fourth-order valence-corrected chi connectivity index (χ4v) is 4.55. The zero-order chi connectivity index (χ0) is 23.7. The summed E-state index contributed by atoms with van der Waals surface area (Å²) in [6.45, 7) is 2.12. The highest BCUT2D eigenvalue weighted by Crippen LogP contribution is 2.32. The van der Waals surface area contributed by atoms with E-state index in [9.17, 15) is 4.79 Å². The van der Waals surface area contributed by atoms with Gasteiger partial charge in [-0.15, -0.1) is 11.3 Å². The number of carbonyl (C=O) groups is 1. The number of hydrogen-bond donors (Lipinski definition) is 2. The molecule has 0 radical (unpaired) electrons. The molecular weight excluding hydrogens is 446 g/mol. The van der Waals surface area contributed by atoms with Gasteiger partial charge in [0.05, 0.1) is 11.0 Å². The highest BCUT2D eigenvalue weighted by atomic mass is 32.1. The summed E-state index contributed by atoms with van der Waals surface area (Å²) in [6, 6.07) is 19.6. The van der Waals surface area contributed by atoms with Crippen molar-refractivity contribution in [2.75, 3.05) is 12.4 Å². The lowest BCUT2D eigenvalue weighted by Gasteiger charge is -2.10. The molecule has 0 atom stereocenters. The number of hydrogen-bond acceptors (Lipinski definition) is 6. The first-order valence-electron chi connectivity index (χ1n) is 10.8. The molecule has 0 saturated heterocycles. The quantitative estimate of drug-likeness (QED) is 0.324. The molecule has 34 heavy (non-hydrogen) atoms. The van der Waals surface area contributed by atoms with E-state index in [0.29, 0.717) is 17.2 Å². The molecule has 0 aliphatic carbocycles. The number of thiophene rings is 1. The van der Waals surface area contributed by atoms with Crippen LogP contribution in [0.2, 0.25) is 0 Å². The maximum Gasteiger partial charge on any atom is 0.269 e. The normalized spacial score (nSPS) is 10.9. The first kappa shape index (κ1) is 21.7. The molecule has 0 bridgehead atoms. The van der Waals surface area contributed by atoms with Crippen LogP contribution in [0.5, 0.6) is 11.5 Å². The molecule has 1 amide bonds. The highest BCUT2D eigenvalue weighted by Gasteiger charge is 2.12. The van der Waals surface area contributed by atoms with Gasteiger partial charge in [0.15, 0.2) is 0 Å². The van der Waals surface area contributed by atoms with Crippen LogP contribution in [0, 0.1) is 6.92 Å². The largest absolute Gasteiger partial charge is 0.457 e. The lowest BCUT2D eigenvalue weighted by atomic mass is 10.1. The smallest absolute Gasteiger partial charge is 0.269 e. The zero-order valence-electron chi connectivity index (χ0n) is 19.0. The van der Waals surface area contributed by atoms with Crippen molar-refractivity contribution in [3.05, 3.63) is 83.5 Å². The van der Waals surface area contributed by atoms with Gasteiger partial charge in [-0.05, 0) is 59.8 Å². The summed E-state index contributed by atoms with van der Waals surface area (Å²) < 4.78 is 7.98. The van der Waals surface area contributed by atoms with Crippen molar-refractivity contribution in [3.8, 4) is 21.9 Å². The van der Waals surface area contributed by atoms with Crippen molar-refractivity contribution in [2.45, 2.75) is 6.92 Å². The number of anilines is 2. The van der Waals surface area contributed by atoms with Gasteiger partial charge >= 0.3 is 0 Å². The zero-order valence-corrected chi connectivity index (χ0v) is 19.8. The average molecular weight is 470 g/mol. The first-order chi connectivity index (χ1) is 16.5. The van der Waals surface area contributed by atoms with Gasteiger partial charge < -0.3 is 19.9 Å². The predicted octanol–water partition coefficient (Wildman–Crippen LogP) is 5.90. The third-order valence-corrected chi connectivity index (χ3v) is 6.46. The SMILES string of the molecule is CNC(=O)c1cc(Oc2ccc3c(c2)nc(Nc2ccc(C)c(-c4cccs4)c2)n3C)ccn1. The molecule has 2 aromatic carbocycles. The van der Waals surface area contributed by atoms with E-state index in [2.05, 4.69) is 58.3 Å². The first-order valence-corrected chi connectivity index (χ1v) is 11.6. The number of carbonyl (C=O) groups excluding carboxylic acids is 1. The van der Waals surface area contributed by atoms with Crippen molar-refractivity contribution >= 4 is 39.9 Å². The van der Waals surface area contributed by atoms with Gasteiger partial charge in [0.1, 0.15) is 17.2 Å². The van der Waals surface area contributed by atoms with Crippen LogP contribution >= 0.6 is 11.3 Å². The summed E-state index contributed by atoms with van der Waals surface area (Å²) >= 11 is 1.73. The second-order valence-corrected chi connectivity index (χ2v) is 8.78. The van der Waals surface area contributed by atoms with Gasteiger partial charge in [-0.3, -0.25) is 9.78 Å². The minimum Gasteiger partial charge on any atom is -0.457 e. The Kier molecular flexibility index (Phi) is 5.73. The number of benzene rings is 2. The van der Waals surface area contributed by atoms with Crippen LogP contribution in [-0.2, 0) is 7.05 Å². The Morgan fingerprint density at radius 3 is 2.71 bits per heavy atom. The Morgan fingerprint density at radius 2 is 1.91 bits per heavy atom. The maximum atomic E-state index is 11.8. The molecular formula is C26H23N5O2S. The molecule has 3 aromatic heterocycles. The topological polar surface area (TPSA) is 81.1 Å². The van der Waals surface area contributed by atoms with Crippen molar-refractivity contribution in [2.24, 2.45) is 7.05 Å². The Morgan fingerprint density at radius 1 is 1.06 bits per heavy atom. The summed E-state index contributed by atoms with van der Waals surface area (Å²) in [4.78, 5) is 21.9. The van der Waals surface area contributed by atoms with Crippen LogP contribution < -0.4 is 15.4 Å². The van der Waals surface area contributed by atoms with Gasteiger partial charge in [-0.25, -0.2) is 4.98 Å². The average Bonchev–Trinajstić information content (AvgIpc) is 3.48. The summed E-state index contributed by atoms with van der Waals surface area (Å²) in [5.74, 6) is 1.63. The lowest BCUT2D eigenvalue weighted by molar-refractivity contribution is 0.0958. The van der Waals surface area contributed by atoms with Crippen LogP contribution in [0.3, 0.4) is 0 Å². The van der Waals surface area contributed by atoms with E-state index < -0.39 is 0 Å². The van der Waals surface area contributed by atoms with Crippen LogP contribution in [0.4, 0.5) is 11.6 Å². The van der Waals surface area contributed by atoms with E-state index in [-0.39, 0.29) is 5.91 Å². The fourth-order valence-electron chi connectivity index (χ4n) is 3.74. The predicted molar refractivity (Wildman–Crippen MR) is 136 cm³/mol. The Labute approximate surface area is 201 Å². The molecule has 2 N–H and O–H groups in total. The van der Waals surface area contributed by atoms with E-state index in [0.717, 1.165) is 22.7 Å². The van der Waals surface area contributed by atoms with Crippen molar-refractivity contribution < 1.29 is 9.53 Å². The van der Waals surface area contributed by atoms with E-state index in [4.69, 9.17) is 9.72 Å². The van der Waals surface area contributed by atoms with E-state index in [1.165, 1.54) is 16.0 Å². The number of nitrogens with one attached hydrogen (secondary N) is 2. The summed E-state index contributed by atoms with van der Waals surface area (Å²) in [6.07, 6.45) is 1.55. The van der Waals surface area contributed by atoms with Crippen molar-refractivity contribution in [1.82, 2.24) is 19.9 Å². The molecule has 3 heterocycles. The summed E-state index contributed by atoms with van der Waals surface area (Å²) in [7, 11) is 3.54. The van der Waals surface area contributed by atoms with Gasteiger partial charge in [0.25, 0.3) is 5.91 Å². The molecule has 0 fully saturated rings. The molecule has 5 rings (SSSR count). The number of amides is 1. The molecule has 5 aromatic rings. The minimum atomic E-state index is -0.264. The van der Waals surface area contributed by atoms with Crippen LogP contribution in [0.25, 0.3) is 21.5 Å². The maximum absolute atomic E-state index is 11.8. The van der Waals surface area contributed by atoms with Gasteiger partial charge in [0, 0.05) is 43.0 Å². The monoisotopic (exact) mass is 469 g/mol. The number of ether oxygens (including phenoxy) is 1. The highest BCUT2D eigenvalue weighted by molar-refractivity contribution is 7.13. The molecule has 0 aliphatic rings. The van der Waals surface area contributed by atoms with Crippen LogP contribution in [0.1, 0.15) is 16.1 Å². The van der Waals surface area contributed by atoms with E-state index in [1.807, 2.05) is 29.8 Å². The Bertz CT molecular complexity index is 1490. The van der Waals surface area contributed by atoms with Crippen LogP contribution in [-0.4, -0.2) is 27.5 Å². The molecule has 0 spiro atoms. The summed E-state index contributed by atoms with van der Waals surface area (Å²) in [5, 5.41) is 8.10. The number of aromatic nitrogens is 3. The van der Waals surface area contributed by atoms with Crippen molar-refractivity contribution in [1.29, 1.82) is 0 Å². The van der Waals surface area contributed by atoms with E-state index in [1.54, 1.807) is 36.7 Å². The fraction of sp³-hybridized carbons (Fsp3) is 0.115. The number of imidazole rings is 1. The minimum absolute atomic E-state index is 0.264. The van der Waals surface area contributed by atoms with Gasteiger partial charge in [-0.2, -0.15) is 0 Å². The lowest BCUT2D eigenvalue weighted by Crippen LogP contribution is -2.18. The summed E-state index contributed by atoms with van der Waals surface area (Å²) in [5.41, 5.74) is 5.49. The number of aryl methyl sites for hydroxylation is 2. The third kappa shape index (κ3) is 4.23. The molecule has 0 aliphatic heterocycles. The molecule has 170 valence electrons. The third-order valence-electron chi connectivity index (χ3n) is 5.56.